The van der Waals surface area contributed by atoms with Crippen LogP contribution >= 0.6 is 0 Å². The molecule has 0 fully saturated rings. The van der Waals surface area contributed by atoms with Crippen molar-refractivity contribution in [3.05, 3.63) is 0 Å². The maximum absolute atomic E-state index is 3.47. The molecule has 0 radical (unpaired) electrons. The standard InChI is InChI=1S/C9H24N2Si/c1-11(2)8-6-10-7-9-12(3,4)5/h10H,6-9H2,1-5H3. The molecule has 0 spiro atoms. The lowest BCUT2D eigenvalue weighted by Gasteiger charge is -2.16. The number of rotatable bonds is 6. The summed E-state index contributed by atoms with van der Waals surface area (Å²) in [5.74, 6) is 0. The number of likely N-dealkylation sites (N-methyl/N-ethyl adjacent to an activating group) is 1. The monoisotopic (exact) mass is 188 g/mol. The molecule has 0 aromatic rings. The van der Waals surface area contributed by atoms with Crippen LogP contribution in [0.3, 0.4) is 0 Å². The highest BCUT2D eigenvalue weighted by molar-refractivity contribution is 6.76. The lowest BCUT2D eigenvalue weighted by Crippen LogP contribution is -2.31. The van der Waals surface area contributed by atoms with Gasteiger partial charge in [-0.3, -0.25) is 0 Å². The quantitative estimate of drug-likeness (QED) is 0.502. The van der Waals surface area contributed by atoms with E-state index >= 15 is 0 Å². The van der Waals surface area contributed by atoms with Crippen molar-refractivity contribution >= 4 is 8.07 Å². The Labute approximate surface area is 78.3 Å². The minimum Gasteiger partial charge on any atom is -0.316 e. The van der Waals surface area contributed by atoms with E-state index in [0.717, 1.165) is 13.1 Å². The van der Waals surface area contributed by atoms with E-state index in [9.17, 15) is 0 Å². The van der Waals surface area contributed by atoms with E-state index < -0.39 is 8.07 Å². The Hall–Kier alpha value is 0.137. The predicted molar refractivity (Wildman–Crippen MR) is 59.6 cm³/mol. The summed E-state index contributed by atoms with van der Waals surface area (Å²) in [6, 6.07) is 1.39. The molecule has 0 aromatic heterocycles. The normalized spacial score (nSPS) is 12.5. The summed E-state index contributed by atoms with van der Waals surface area (Å²) in [5.41, 5.74) is 0. The zero-order valence-electron chi connectivity index (χ0n) is 9.28. The third kappa shape index (κ3) is 10.1. The van der Waals surface area contributed by atoms with Crippen LogP contribution in [0.5, 0.6) is 0 Å². The maximum atomic E-state index is 3.47. The highest BCUT2D eigenvalue weighted by atomic mass is 28.3. The van der Waals surface area contributed by atoms with Crippen LogP contribution in [-0.2, 0) is 0 Å². The SMILES string of the molecule is CN(C)CCNCC[Si](C)(C)C. The average Bonchev–Trinajstić information content (AvgIpc) is 1.83. The van der Waals surface area contributed by atoms with Gasteiger partial charge in [-0.1, -0.05) is 19.6 Å². The molecule has 3 heteroatoms. The first-order valence-corrected chi connectivity index (χ1v) is 8.48. The van der Waals surface area contributed by atoms with Crippen molar-refractivity contribution in [3.63, 3.8) is 0 Å². The largest absolute Gasteiger partial charge is 0.316 e. The third-order valence-electron chi connectivity index (χ3n) is 1.79. The van der Waals surface area contributed by atoms with Crippen LogP contribution in [0.4, 0.5) is 0 Å². The molecule has 0 aromatic carbocycles. The molecule has 0 aliphatic carbocycles. The van der Waals surface area contributed by atoms with Crippen LogP contribution in [0.15, 0.2) is 0 Å². The predicted octanol–water partition coefficient (Wildman–Crippen LogP) is 1.48. The molecule has 1 N–H and O–H groups in total. The van der Waals surface area contributed by atoms with Gasteiger partial charge in [0.15, 0.2) is 0 Å². The van der Waals surface area contributed by atoms with Crippen molar-refractivity contribution < 1.29 is 0 Å². The van der Waals surface area contributed by atoms with E-state index in [-0.39, 0.29) is 0 Å². The molecule has 0 saturated carbocycles. The summed E-state index contributed by atoms with van der Waals surface area (Å²) in [4.78, 5) is 2.21. The topological polar surface area (TPSA) is 15.3 Å². The van der Waals surface area contributed by atoms with E-state index in [0.29, 0.717) is 0 Å². The van der Waals surface area contributed by atoms with Gasteiger partial charge in [-0.25, -0.2) is 0 Å². The van der Waals surface area contributed by atoms with Crippen molar-refractivity contribution in [3.8, 4) is 0 Å². The summed E-state index contributed by atoms with van der Waals surface area (Å²) in [6.45, 7) is 10.7. The molecular formula is C9H24N2Si. The van der Waals surface area contributed by atoms with Crippen molar-refractivity contribution in [2.75, 3.05) is 33.7 Å². The van der Waals surface area contributed by atoms with Gasteiger partial charge in [-0.2, -0.15) is 0 Å². The second-order valence-corrected chi connectivity index (χ2v) is 10.5. The summed E-state index contributed by atoms with van der Waals surface area (Å²) >= 11 is 0. The molecule has 0 unspecified atom stereocenters. The van der Waals surface area contributed by atoms with Crippen LogP contribution < -0.4 is 5.32 Å². The molecule has 2 nitrogen and oxygen atoms in total. The molecule has 0 bridgehead atoms. The molecule has 0 saturated heterocycles. The molecular weight excluding hydrogens is 164 g/mol. The first kappa shape index (κ1) is 12.1. The summed E-state index contributed by atoms with van der Waals surface area (Å²) < 4.78 is 0. The van der Waals surface area contributed by atoms with Gasteiger partial charge in [0.25, 0.3) is 0 Å². The second kappa shape index (κ2) is 5.73. The lowest BCUT2D eigenvalue weighted by molar-refractivity contribution is 0.402. The van der Waals surface area contributed by atoms with Crippen LogP contribution in [0.25, 0.3) is 0 Å². The van der Waals surface area contributed by atoms with Gasteiger partial charge in [-0.15, -0.1) is 0 Å². The molecule has 0 amide bonds. The summed E-state index contributed by atoms with van der Waals surface area (Å²) in [5, 5.41) is 3.47. The zero-order valence-corrected chi connectivity index (χ0v) is 10.3. The van der Waals surface area contributed by atoms with Crippen LogP contribution in [0.1, 0.15) is 0 Å². The van der Waals surface area contributed by atoms with Gasteiger partial charge >= 0.3 is 0 Å². The number of hydrogen-bond acceptors (Lipinski definition) is 2. The summed E-state index contributed by atoms with van der Waals surface area (Å²) in [7, 11) is 3.41. The number of nitrogens with zero attached hydrogens (tertiary/aromatic N) is 1. The Morgan fingerprint density at radius 2 is 1.67 bits per heavy atom. The minimum atomic E-state index is -0.811. The fraction of sp³-hybridized carbons (Fsp3) is 1.00. The van der Waals surface area contributed by atoms with E-state index in [1.807, 2.05) is 0 Å². The summed E-state index contributed by atoms with van der Waals surface area (Å²) in [6.07, 6.45) is 0. The molecule has 0 atom stereocenters. The van der Waals surface area contributed by atoms with E-state index in [2.05, 4.69) is 44.0 Å². The Morgan fingerprint density at radius 1 is 1.08 bits per heavy atom. The van der Waals surface area contributed by atoms with Gasteiger partial charge in [0, 0.05) is 21.2 Å². The smallest absolute Gasteiger partial charge is 0.0455 e. The van der Waals surface area contributed by atoms with Crippen molar-refractivity contribution in [2.24, 2.45) is 0 Å². The highest BCUT2D eigenvalue weighted by Crippen LogP contribution is 2.05. The molecule has 0 rings (SSSR count). The zero-order chi connectivity index (χ0) is 9.61. The Balaban J connectivity index is 3.12. The van der Waals surface area contributed by atoms with Crippen molar-refractivity contribution in [1.29, 1.82) is 0 Å². The number of hydrogen-bond donors (Lipinski definition) is 1. The first-order chi connectivity index (χ1) is 5.42. The Morgan fingerprint density at radius 3 is 2.08 bits per heavy atom. The fourth-order valence-corrected chi connectivity index (χ4v) is 1.82. The van der Waals surface area contributed by atoms with Gasteiger partial charge in [0.2, 0.25) is 0 Å². The minimum absolute atomic E-state index is 0.811. The average molecular weight is 188 g/mol. The first-order valence-electron chi connectivity index (χ1n) is 4.77. The van der Waals surface area contributed by atoms with Gasteiger partial charge in [-0.05, 0) is 26.7 Å². The molecule has 74 valence electrons. The van der Waals surface area contributed by atoms with Gasteiger partial charge in [0.1, 0.15) is 0 Å². The van der Waals surface area contributed by atoms with E-state index in [1.54, 1.807) is 0 Å². The van der Waals surface area contributed by atoms with Crippen molar-refractivity contribution in [1.82, 2.24) is 10.2 Å². The molecule has 0 aliphatic heterocycles. The lowest BCUT2D eigenvalue weighted by atomic mass is 10.5. The van der Waals surface area contributed by atoms with Gasteiger partial charge in [0.05, 0.1) is 0 Å². The van der Waals surface area contributed by atoms with Crippen LogP contribution in [0.2, 0.25) is 25.7 Å². The van der Waals surface area contributed by atoms with Gasteiger partial charge < -0.3 is 10.2 Å². The highest BCUT2D eigenvalue weighted by Gasteiger charge is 2.11. The maximum Gasteiger partial charge on any atom is 0.0455 e. The van der Waals surface area contributed by atoms with Crippen LogP contribution in [0, 0.1) is 0 Å². The van der Waals surface area contributed by atoms with Crippen LogP contribution in [-0.4, -0.2) is 46.7 Å². The second-order valence-electron chi connectivity index (χ2n) is 4.86. The molecule has 0 heterocycles. The van der Waals surface area contributed by atoms with Crippen molar-refractivity contribution in [2.45, 2.75) is 25.7 Å². The fourth-order valence-electron chi connectivity index (χ4n) is 0.891. The molecule has 12 heavy (non-hydrogen) atoms. The molecule has 0 aliphatic rings. The van der Waals surface area contributed by atoms with E-state index in [4.69, 9.17) is 0 Å². The Bertz CT molecular complexity index is 108. The third-order valence-corrected chi connectivity index (χ3v) is 3.54. The van der Waals surface area contributed by atoms with E-state index in [1.165, 1.54) is 12.6 Å². The number of nitrogens with one attached hydrogen (secondary N) is 1. The Kier molecular flexibility index (Phi) is 5.79.